The molecule has 0 rings (SSSR count). The van der Waals surface area contributed by atoms with Crippen LogP contribution >= 0.6 is 26.9 Å². The van der Waals surface area contributed by atoms with Crippen LogP contribution in [0.5, 0.6) is 0 Å². The first-order valence-electron chi connectivity index (χ1n) is 6.92. The molecule has 112 valence electrons. The molecule has 0 aliphatic rings. The predicted octanol–water partition coefficient (Wildman–Crippen LogP) is 6.19. The molecule has 1 unspecified atom stereocenters. The summed E-state index contributed by atoms with van der Waals surface area (Å²) in [6.45, 7) is 2.25. The number of halogens is 3. The minimum atomic E-state index is -3.04. The van der Waals surface area contributed by atoms with Gasteiger partial charge < -0.3 is 0 Å². The van der Waals surface area contributed by atoms with Crippen LogP contribution in [0, 0.1) is 0 Å². The molecule has 0 amide bonds. The van der Waals surface area contributed by atoms with Gasteiger partial charge in [0.15, 0.2) is 0 Å². The third-order valence-corrected chi connectivity index (χ3v) is 7.76. The number of methoxy groups -OCH3 is 1. The van der Waals surface area contributed by atoms with Gasteiger partial charge in [-0.2, -0.15) is 0 Å². The molecule has 5 heteroatoms. The molecule has 0 fully saturated rings. The first kappa shape index (κ1) is 19.6. The van der Waals surface area contributed by atoms with Gasteiger partial charge in [-0.1, -0.05) is 0 Å². The summed E-state index contributed by atoms with van der Waals surface area (Å²) in [5, 5.41) is 0. The Balaban J connectivity index is 3.40. The van der Waals surface area contributed by atoms with Crippen molar-refractivity contribution in [2.75, 3.05) is 7.11 Å². The van der Waals surface area contributed by atoms with Gasteiger partial charge in [0.1, 0.15) is 0 Å². The third kappa shape index (κ3) is 14.0. The molecule has 0 saturated carbocycles. The second-order valence-corrected chi connectivity index (χ2v) is 22.4. The molecule has 0 aliphatic carbocycles. The average Bonchev–Trinajstić information content (AvgIpc) is 2.29. The quantitative estimate of drug-likeness (QED) is 0.264. The van der Waals surface area contributed by atoms with E-state index in [1.54, 1.807) is 7.11 Å². The van der Waals surface area contributed by atoms with Gasteiger partial charge in [0, 0.05) is 0 Å². The summed E-state index contributed by atoms with van der Waals surface area (Å²) in [4.78, 5) is 0. The first-order chi connectivity index (χ1) is 8.49. The van der Waals surface area contributed by atoms with Gasteiger partial charge in [0.05, 0.1) is 0 Å². The molecule has 0 saturated heterocycles. The molecule has 0 bridgehead atoms. The van der Waals surface area contributed by atoms with Crippen molar-refractivity contribution in [3.05, 3.63) is 0 Å². The maximum absolute atomic E-state index is 5.96. The van der Waals surface area contributed by atoms with Crippen molar-refractivity contribution in [3.8, 4) is 0 Å². The normalized spacial score (nSPS) is 14.7. The van der Waals surface area contributed by atoms with Crippen LogP contribution in [-0.4, -0.2) is 28.0 Å². The molecule has 0 aromatic heterocycles. The Hall–Kier alpha value is 1.62. The minimum absolute atomic E-state index is 0.152. The number of hydrogen-bond acceptors (Lipinski definition) is 1. The molecular weight excluding hydrogens is 406 g/mol. The number of rotatable bonds is 12. The van der Waals surface area contributed by atoms with Gasteiger partial charge in [-0.05, 0) is 0 Å². The summed E-state index contributed by atoms with van der Waals surface area (Å²) >= 11 is -3.04. The zero-order valence-electron chi connectivity index (χ0n) is 11.6. The van der Waals surface area contributed by atoms with Crippen LogP contribution in [-0.2, 0) is 4.74 Å². The van der Waals surface area contributed by atoms with E-state index in [0.717, 1.165) is 6.42 Å². The summed E-state index contributed by atoms with van der Waals surface area (Å²) in [5.41, 5.74) is 0. The molecule has 0 aromatic carbocycles. The van der Waals surface area contributed by atoms with Crippen LogP contribution in [0.4, 0.5) is 0 Å². The van der Waals surface area contributed by atoms with Crippen LogP contribution < -0.4 is 0 Å². The van der Waals surface area contributed by atoms with E-state index in [0.29, 0.717) is 4.47 Å². The van der Waals surface area contributed by atoms with Crippen LogP contribution in [0.3, 0.4) is 0 Å². The fourth-order valence-corrected chi connectivity index (χ4v) is 6.88. The van der Waals surface area contributed by atoms with Crippen molar-refractivity contribution in [1.82, 2.24) is 0 Å². The molecular formula is C13H27Cl3OTe. The Morgan fingerprint density at radius 1 is 0.889 bits per heavy atom. The van der Waals surface area contributed by atoms with Crippen LogP contribution in [0.1, 0.15) is 64.7 Å². The van der Waals surface area contributed by atoms with E-state index in [9.17, 15) is 0 Å². The van der Waals surface area contributed by atoms with Gasteiger partial charge in [-0.15, -0.1) is 0 Å². The molecule has 0 aromatic rings. The van der Waals surface area contributed by atoms with E-state index in [1.165, 1.54) is 51.4 Å². The van der Waals surface area contributed by atoms with Crippen molar-refractivity contribution in [3.63, 3.8) is 0 Å². The predicted molar refractivity (Wildman–Crippen MR) is 86.1 cm³/mol. The SMILES string of the molecule is CCCCCCCCCCC(C[Te](Cl)(Cl)Cl)OC. The third-order valence-electron chi connectivity index (χ3n) is 3.09. The Morgan fingerprint density at radius 3 is 1.83 bits per heavy atom. The summed E-state index contributed by atoms with van der Waals surface area (Å²) in [5.74, 6) is 0. The van der Waals surface area contributed by atoms with E-state index in [4.69, 9.17) is 31.6 Å². The topological polar surface area (TPSA) is 9.23 Å². The maximum atomic E-state index is 5.96. The van der Waals surface area contributed by atoms with E-state index in [2.05, 4.69) is 6.92 Å². The summed E-state index contributed by atoms with van der Waals surface area (Å²) < 4.78 is 6.05. The Morgan fingerprint density at radius 2 is 1.39 bits per heavy atom. The number of ether oxygens (including phenoxy) is 1. The molecule has 0 heterocycles. The van der Waals surface area contributed by atoms with Crippen molar-refractivity contribution >= 4 is 41.7 Å². The fraction of sp³-hybridized carbons (Fsp3) is 1.00. The van der Waals surface area contributed by atoms with Crippen LogP contribution in [0.15, 0.2) is 0 Å². The fourth-order valence-electron chi connectivity index (χ4n) is 1.99. The zero-order valence-corrected chi connectivity index (χ0v) is 16.2. The first-order valence-corrected chi connectivity index (χ1v) is 17.4. The Bertz CT molecular complexity index is 186. The zero-order chi connectivity index (χ0) is 13.9. The van der Waals surface area contributed by atoms with E-state index in [-0.39, 0.29) is 6.10 Å². The van der Waals surface area contributed by atoms with Gasteiger partial charge in [0.25, 0.3) is 0 Å². The van der Waals surface area contributed by atoms with Crippen LogP contribution in [0.25, 0.3) is 0 Å². The molecule has 0 radical (unpaired) electrons. The van der Waals surface area contributed by atoms with Crippen LogP contribution in [0.2, 0.25) is 4.47 Å². The van der Waals surface area contributed by atoms with Gasteiger partial charge in [-0.25, -0.2) is 0 Å². The molecule has 0 spiro atoms. The molecule has 1 atom stereocenters. The van der Waals surface area contributed by atoms with E-state index >= 15 is 0 Å². The monoisotopic (exact) mass is 434 g/mol. The number of unbranched alkanes of at least 4 members (excludes halogenated alkanes) is 7. The molecule has 18 heavy (non-hydrogen) atoms. The van der Waals surface area contributed by atoms with Crippen molar-refractivity contribution < 1.29 is 4.74 Å². The number of hydrogen-bond donors (Lipinski definition) is 0. The van der Waals surface area contributed by atoms with Crippen molar-refractivity contribution in [2.24, 2.45) is 0 Å². The molecule has 0 N–H and O–H groups in total. The Labute approximate surface area is 128 Å². The average molecular weight is 433 g/mol. The standard InChI is InChI=1S/C13H27Cl3OTe/c1-3-4-5-6-7-8-9-10-11-13(17-2)12-18(14,15)16/h13H,3-12H2,1-2H3. The summed E-state index contributed by atoms with van der Waals surface area (Å²) in [6.07, 6.45) is 11.8. The molecule has 1 nitrogen and oxygen atoms in total. The second-order valence-electron chi connectivity index (χ2n) is 4.79. The van der Waals surface area contributed by atoms with Gasteiger partial charge >= 0.3 is 129 Å². The van der Waals surface area contributed by atoms with Gasteiger partial charge in [-0.3, -0.25) is 0 Å². The van der Waals surface area contributed by atoms with Crippen molar-refractivity contribution in [2.45, 2.75) is 75.3 Å². The second kappa shape index (κ2) is 12.4. The summed E-state index contributed by atoms with van der Waals surface area (Å²) in [6, 6.07) is 0. The van der Waals surface area contributed by atoms with E-state index < -0.39 is 14.8 Å². The van der Waals surface area contributed by atoms with Crippen molar-refractivity contribution in [1.29, 1.82) is 0 Å². The van der Waals surface area contributed by atoms with Gasteiger partial charge in [0.2, 0.25) is 0 Å². The molecule has 0 aliphatic heterocycles. The van der Waals surface area contributed by atoms with E-state index in [1.807, 2.05) is 0 Å². The summed E-state index contributed by atoms with van der Waals surface area (Å²) in [7, 11) is 19.6. The Kier molecular flexibility index (Phi) is 13.5.